The number of nitriles is 1. The number of benzene rings is 1. The molecule has 1 aromatic heterocycles. The zero-order chi connectivity index (χ0) is 9.97. The fourth-order valence-corrected chi connectivity index (χ4v) is 2.36. The van der Waals surface area contributed by atoms with Crippen LogP contribution < -0.4 is 0 Å². The van der Waals surface area contributed by atoms with E-state index in [9.17, 15) is 0 Å². The molecule has 0 aliphatic carbocycles. The van der Waals surface area contributed by atoms with Crippen LogP contribution in [0.25, 0.3) is 10.1 Å². The van der Waals surface area contributed by atoms with Crippen LogP contribution in [-0.2, 0) is 11.3 Å². The van der Waals surface area contributed by atoms with Crippen LogP contribution >= 0.6 is 11.3 Å². The zero-order valence-electron chi connectivity index (χ0n) is 7.78. The van der Waals surface area contributed by atoms with Gasteiger partial charge in [0.2, 0.25) is 0 Å². The summed E-state index contributed by atoms with van der Waals surface area (Å²) in [4.78, 5) is 0. The number of methoxy groups -OCH3 is 1. The molecule has 0 spiro atoms. The van der Waals surface area contributed by atoms with Crippen molar-refractivity contribution < 1.29 is 4.74 Å². The van der Waals surface area contributed by atoms with E-state index in [-0.39, 0.29) is 0 Å². The van der Waals surface area contributed by atoms with Gasteiger partial charge in [-0.05, 0) is 11.6 Å². The lowest BCUT2D eigenvalue weighted by molar-refractivity contribution is 0.185. The van der Waals surface area contributed by atoms with E-state index in [0.29, 0.717) is 6.61 Å². The van der Waals surface area contributed by atoms with Crippen LogP contribution in [0.2, 0.25) is 0 Å². The Bertz CT molecular complexity index is 495. The highest BCUT2D eigenvalue weighted by molar-refractivity contribution is 7.17. The highest BCUT2D eigenvalue weighted by Gasteiger charge is 2.03. The summed E-state index contributed by atoms with van der Waals surface area (Å²) in [6, 6.07) is 8.24. The molecule has 0 unspecified atom stereocenters. The quantitative estimate of drug-likeness (QED) is 0.751. The van der Waals surface area contributed by atoms with Gasteiger partial charge >= 0.3 is 0 Å². The van der Waals surface area contributed by atoms with Gasteiger partial charge in [0.15, 0.2) is 0 Å². The third kappa shape index (κ3) is 1.50. The lowest BCUT2D eigenvalue weighted by atomic mass is 10.1. The standard InChI is InChI=1S/C11H9NOS/c1-13-6-8-2-3-10-9(5-12)7-14-11(10)4-8/h2-4,7H,6H2,1H3. The molecule has 0 bridgehead atoms. The van der Waals surface area contributed by atoms with Gasteiger partial charge in [0.25, 0.3) is 0 Å². The minimum atomic E-state index is 0.621. The van der Waals surface area contributed by atoms with Crippen LogP contribution in [0.4, 0.5) is 0 Å². The predicted octanol–water partition coefficient (Wildman–Crippen LogP) is 2.92. The number of rotatable bonds is 2. The van der Waals surface area contributed by atoms with Crippen LogP contribution in [0, 0.1) is 11.3 Å². The van der Waals surface area contributed by atoms with Crippen molar-refractivity contribution in [3.8, 4) is 6.07 Å². The fourth-order valence-electron chi connectivity index (χ4n) is 1.42. The topological polar surface area (TPSA) is 33.0 Å². The Labute approximate surface area is 86.4 Å². The summed E-state index contributed by atoms with van der Waals surface area (Å²) in [5, 5.41) is 11.8. The number of hydrogen-bond donors (Lipinski definition) is 0. The van der Waals surface area contributed by atoms with Crippen molar-refractivity contribution in [2.75, 3.05) is 7.11 Å². The molecule has 0 fully saturated rings. The third-order valence-electron chi connectivity index (χ3n) is 2.07. The second kappa shape index (κ2) is 3.79. The maximum Gasteiger partial charge on any atom is 0.101 e. The van der Waals surface area contributed by atoms with E-state index in [1.165, 1.54) is 0 Å². The maximum absolute atomic E-state index is 8.83. The van der Waals surface area contributed by atoms with Gasteiger partial charge in [-0.1, -0.05) is 12.1 Å². The van der Waals surface area contributed by atoms with Gasteiger partial charge in [-0.3, -0.25) is 0 Å². The van der Waals surface area contributed by atoms with Crippen LogP contribution in [0.5, 0.6) is 0 Å². The molecule has 0 aliphatic heterocycles. The van der Waals surface area contributed by atoms with E-state index in [0.717, 1.165) is 21.2 Å². The molecule has 1 aromatic carbocycles. The smallest absolute Gasteiger partial charge is 0.101 e. The van der Waals surface area contributed by atoms with Crippen molar-refractivity contribution in [2.24, 2.45) is 0 Å². The summed E-state index contributed by atoms with van der Waals surface area (Å²) in [7, 11) is 1.68. The molecule has 0 amide bonds. The van der Waals surface area contributed by atoms with Gasteiger partial charge in [0, 0.05) is 22.6 Å². The minimum Gasteiger partial charge on any atom is -0.380 e. The molecule has 0 aliphatic rings. The largest absolute Gasteiger partial charge is 0.380 e. The molecule has 0 saturated heterocycles. The summed E-state index contributed by atoms with van der Waals surface area (Å²) in [5.41, 5.74) is 1.90. The number of hydrogen-bond acceptors (Lipinski definition) is 3. The van der Waals surface area contributed by atoms with E-state index < -0.39 is 0 Å². The fraction of sp³-hybridized carbons (Fsp3) is 0.182. The normalized spacial score (nSPS) is 10.3. The Kier molecular flexibility index (Phi) is 2.49. The lowest BCUT2D eigenvalue weighted by Gasteiger charge is -1.98. The second-order valence-electron chi connectivity index (χ2n) is 3.02. The van der Waals surface area contributed by atoms with Crippen molar-refractivity contribution >= 4 is 21.4 Å². The third-order valence-corrected chi connectivity index (χ3v) is 3.02. The summed E-state index contributed by atoms with van der Waals surface area (Å²) in [5.74, 6) is 0. The first kappa shape index (κ1) is 9.20. The lowest BCUT2D eigenvalue weighted by Crippen LogP contribution is -1.85. The summed E-state index contributed by atoms with van der Waals surface area (Å²) < 4.78 is 6.20. The molecule has 0 N–H and O–H groups in total. The van der Waals surface area contributed by atoms with E-state index in [1.54, 1.807) is 18.4 Å². The number of nitrogens with zero attached hydrogens (tertiary/aromatic N) is 1. The van der Waals surface area contributed by atoms with Gasteiger partial charge in [0.05, 0.1) is 12.2 Å². The number of ether oxygens (including phenoxy) is 1. The van der Waals surface area contributed by atoms with Gasteiger partial charge in [-0.25, -0.2) is 0 Å². The molecule has 1 heterocycles. The number of thiophene rings is 1. The highest BCUT2D eigenvalue weighted by Crippen LogP contribution is 2.26. The van der Waals surface area contributed by atoms with Gasteiger partial charge in [-0.2, -0.15) is 5.26 Å². The van der Waals surface area contributed by atoms with E-state index >= 15 is 0 Å². The van der Waals surface area contributed by atoms with E-state index in [1.807, 2.05) is 17.5 Å². The number of fused-ring (bicyclic) bond motifs is 1. The average molecular weight is 203 g/mol. The first-order valence-corrected chi connectivity index (χ1v) is 5.12. The molecule has 70 valence electrons. The predicted molar refractivity (Wildman–Crippen MR) is 57.3 cm³/mol. The molecule has 0 atom stereocenters. The van der Waals surface area contributed by atoms with E-state index in [4.69, 9.17) is 10.00 Å². The summed E-state index contributed by atoms with van der Waals surface area (Å²) in [6.45, 7) is 0.621. The van der Waals surface area contributed by atoms with E-state index in [2.05, 4.69) is 12.1 Å². The van der Waals surface area contributed by atoms with Crippen molar-refractivity contribution in [1.82, 2.24) is 0 Å². The zero-order valence-corrected chi connectivity index (χ0v) is 8.60. The molecule has 0 radical (unpaired) electrons. The van der Waals surface area contributed by atoms with Crippen molar-refractivity contribution in [3.63, 3.8) is 0 Å². The molecule has 14 heavy (non-hydrogen) atoms. The molecule has 2 aromatic rings. The molecule has 3 heteroatoms. The molecular weight excluding hydrogens is 194 g/mol. The summed E-state index contributed by atoms with van der Waals surface area (Å²) in [6.07, 6.45) is 0. The van der Waals surface area contributed by atoms with Gasteiger partial charge in [-0.15, -0.1) is 11.3 Å². The van der Waals surface area contributed by atoms with Gasteiger partial charge < -0.3 is 4.74 Å². The van der Waals surface area contributed by atoms with Crippen LogP contribution in [0.1, 0.15) is 11.1 Å². The SMILES string of the molecule is COCc1ccc2c(C#N)csc2c1. The molecule has 2 nitrogen and oxygen atoms in total. The maximum atomic E-state index is 8.83. The Hall–Kier alpha value is -1.37. The molecule has 0 saturated carbocycles. The molecular formula is C11H9NOS. The van der Waals surface area contributed by atoms with Crippen molar-refractivity contribution in [2.45, 2.75) is 6.61 Å². The Balaban J connectivity index is 2.53. The van der Waals surface area contributed by atoms with Crippen LogP contribution in [-0.4, -0.2) is 7.11 Å². The van der Waals surface area contributed by atoms with Gasteiger partial charge in [0.1, 0.15) is 6.07 Å². The monoisotopic (exact) mass is 203 g/mol. The first-order chi connectivity index (χ1) is 6.85. The molecule has 2 rings (SSSR count). The van der Waals surface area contributed by atoms with Crippen molar-refractivity contribution in [1.29, 1.82) is 5.26 Å². The Morgan fingerprint density at radius 1 is 1.50 bits per heavy atom. The highest BCUT2D eigenvalue weighted by atomic mass is 32.1. The Morgan fingerprint density at radius 3 is 3.07 bits per heavy atom. The Morgan fingerprint density at radius 2 is 2.36 bits per heavy atom. The average Bonchev–Trinajstić information content (AvgIpc) is 2.60. The minimum absolute atomic E-state index is 0.621. The van der Waals surface area contributed by atoms with Crippen LogP contribution in [0.3, 0.4) is 0 Å². The van der Waals surface area contributed by atoms with Crippen LogP contribution in [0.15, 0.2) is 23.6 Å². The first-order valence-electron chi connectivity index (χ1n) is 4.24. The summed E-state index contributed by atoms with van der Waals surface area (Å²) >= 11 is 1.60. The van der Waals surface area contributed by atoms with Crippen molar-refractivity contribution in [3.05, 3.63) is 34.7 Å². The second-order valence-corrected chi connectivity index (χ2v) is 3.94.